The van der Waals surface area contributed by atoms with Gasteiger partial charge in [-0.05, 0) is 56.4 Å². The molecule has 1 aromatic carbocycles. The summed E-state index contributed by atoms with van der Waals surface area (Å²) in [6.07, 6.45) is 4.20. The average molecular weight is 377 g/mol. The molecule has 2 rings (SSSR count). The first kappa shape index (κ1) is 20.8. The summed E-state index contributed by atoms with van der Waals surface area (Å²) in [5.74, 6) is -0.945. The summed E-state index contributed by atoms with van der Waals surface area (Å²) in [6, 6.07) is 4.28. The van der Waals surface area contributed by atoms with Gasteiger partial charge in [0.1, 0.15) is 0 Å². The van der Waals surface area contributed by atoms with Crippen LogP contribution in [0.4, 0.5) is 0 Å². The van der Waals surface area contributed by atoms with E-state index in [9.17, 15) is 19.8 Å². The first-order valence-electron chi connectivity index (χ1n) is 8.91. The van der Waals surface area contributed by atoms with Crippen LogP contribution in [0.3, 0.4) is 0 Å². The van der Waals surface area contributed by atoms with Gasteiger partial charge in [-0.25, -0.2) is 0 Å². The van der Waals surface area contributed by atoms with Crippen LogP contribution in [-0.4, -0.2) is 47.4 Å². The summed E-state index contributed by atoms with van der Waals surface area (Å²) in [6.45, 7) is 4.49. The van der Waals surface area contributed by atoms with Gasteiger partial charge in [0.25, 0.3) is 0 Å². The number of aromatic hydroxyl groups is 1. The summed E-state index contributed by atoms with van der Waals surface area (Å²) < 4.78 is 10.7. The minimum atomic E-state index is -0.947. The van der Waals surface area contributed by atoms with Crippen molar-refractivity contribution in [3.8, 4) is 11.5 Å². The van der Waals surface area contributed by atoms with Crippen LogP contribution in [0.25, 0.3) is 6.08 Å². The molecule has 2 atom stereocenters. The molecule has 7 nitrogen and oxygen atoms in total. The van der Waals surface area contributed by atoms with Crippen LogP contribution < -0.4 is 10.1 Å². The Bertz CT molecular complexity index is 712. The molecule has 1 aliphatic heterocycles. The number of nitrogens with one attached hydrogen (secondary N) is 1. The van der Waals surface area contributed by atoms with E-state index in [0.717, 1.165) is 0 Å². The zero-order chi connectivity index (χ0) is 20.0. The molecule has 0 spiro atoms. The summed E-state index contributed by atoms with van der Waals surface area (Å²) in [7, 11) is 1.45. The molecule has 0 aliphatic carbocycles. The highest BCUT2D eigenvalue weighted by molar-refractivity contribution is 5.92. The van der Waals surface area contributed by atoms with Crippen molar-refractivity contribution < 1.29 is 29.3 Å². The minimum absolute atomic E-state index is 0.0164. The number of carboxylic acid groups (broad SMARTS) is 1. The standard InChI is InChI=1S/C20H27NO6/c1-20(2)12-14(8-9-27-20)15(11-19(24)25)21-18(23)7-5-13-4-6-16(22)17(10-13)26-3/h4-7,10,14-15,22H,8-9,11-12H2,1-3H3,(H,21,23)(H,24,25)/t14-,15+/m0/s1. The van der Waals surface area contributed by atoms with Crippen molar-refractivity contribution in [1.29, 1.82) is 0 Å². The zero-order valence-corrected chi connectivity index (χ0v) is 15.9. The Morgan fingerprint density at radius 3 is 2.81 bits per heavy atom. The van der Waals surface area contributed by atoms with Crippen molar-refractivity contribution in [2.45, 2.75) is 44.8 Å². The molecule has 1 fully saturated rings. The average Bonchev–Trinajstić information content (AvgIpc) is 2.59. The number of rotatable bonds is 7. The van der Waals surface area contributed by atoms with Crippen molar-refractivity contribution in [2.24, 2.45) is 5.92 Å². The fourth-order valence-electron chi connectivity index (χ4n) is 3.35. The Balaban J connectivity index is 2.05. The van der Waals surface area contributed by atoms with Gasteiger partial charge < -0.3 is 25.0 Å². The van der Waals surface area contributed by atoms with Crippen molar-refractivity contribution in [2.75, 3.05) is 13.7 Å². The topological polar surface area (TPSA) is 105 Å². The first-order valence-corrected chi connectivity index (χ1v) is 8.91. The third-order valence-corrected chi connectivity index (χ3v) is 4.66. The number of carboxylic acids is 1. The lowest BCUT2D eigenvalue weighted by molar-refractivity contribution is -0.139. The molecule has 1 saturated heterocycles. The lowest BCUT2D eigenvalue weighted by atomic mass is 9.82. The highest BCUT2D eigenvalue weighted by atomic mass is 16.5. The molecule has 7 heteroatoms. The number of ether oxygens (including phenoxy) is 2. The SMILES string of the molecule is COc1cc(C=CC(=O)N[C@H](CC(=O)O)[C@H]2CCOC(C)(C)C2)ccc1O. The van der Waals surface area contributed by atoms with E-state index in [-0.39, 0.29) is 29.6 Å². The highest BCUT2D eigenvalue weighted by Crippen LogP contribution is 2.32. The first-order chi connectivity index (χ1) is 12.7. The molecule has 3 N–H and O–H groups in total. The summed E-state index contributed by atoms with van der Waals surface area (Å²) in [5.41, 5.74) is 0.352. The van der Waals surface area contributed by atoms with Crippen molar-refractivity contribution in [3.63, 3.8) is 0 Å². The van der Waals surface area contributed by atoms with Gasteiger partial charge in [0.15, 0.2) is 11.5 Å². The lowest BCUT2D eigenvalue weighted by Crippen LogP contribution is -2.46. The minimum Gasteiger partial charge on any atom is -0.504 e. The van der Waals surface area contributed by atoms with Crippen LogP contribution in [-0.2, 0) is 14.3 Å². The Morgan fingerprint density at radius 2 is 2.19 bits per heavy atom. The number of carbonyl (C=O) groups is 2. The fourth-order valence-corrected chi connectivity index (χ4v) is 3.35. The van der Waals surface area contributed by atoms with Gasteiger partial charge in [0.2, 0.25) is 5.91 Å². The Morgan fingerprint density at radius 1 is 1.44 bits per heavy atom. The molecule has 1 amide bonds. The number of phenolic OH excluding ortho intramolecular Hbond substituents is 1. The quantitative estimate of drug-likeness (QED) is 0.631. The van der Waals surface area contributed by atoms with E-state index in [4.69, 9.17) is 9.47 Å². The predicted octanol–water partition coefficient (Wildman–Crippen LogP) is 2.58. The fraction of sp³-hybridized carbons (Fsp3) is 0.500. The van der Waals surface area contributed by atoms with Gasteiger partial charge in [-0.2, -0.15) is 0 Å². The van der Waals surface area contributed by atoms with Crippen molar-refractivity contribution in [3.05, 3.63) is 29.8 Å². The molecule has 1 aliphatic rings. The van der Waals surface area contributed by atoms with E-state index in [0.29, 0.717) is 30.8 Å². The smallest absolute Gasteiger partial charge is 0.305 e. The van der Waals surface area contributed by atoms with E-state index < -0.39 is 12.0 Å². The van der Waals surface area contributed by atoms with Gasteiger partial charge in [0, 0.05) is 18.7 Å². The molecule has 1 heterocycles. The van der Waals surface area contributed by atoms with Crippen LogP contribution >= 0.6 is 0 Å². The molecule has 0 bridgehead atoms. The molecule has 27 heavy (non-hydrogen) atoms. The molecule has 0 unspecified atom stereocenters. The second-order valence-corrected chi connectivity index (χ2v) is 7.34. The van der Waals surface area contributed by atoms with Crippen molar-refractivity contribution >= 4 is 18.0 Å². The summed E-state index contributed by atoms with van der Waals surface area (Å²) in [4.78, 5) is 23.6. The maximum atomic E-state index is 12.3. The van der Waals surface area contributed by atoms with Crippen molar-refractivity contribution in [1.82, 2.24) is 5.32 Å². The molecular weight excluding hydrogens is 350 g/mol. The third kappa shape index (κ3) is 6.29. The summed E-state index contributed by atoms with van der Waals surface area (Å²) >= 11 is 0. The van der Waals surface area contributed by atoms with Gasteiger partial charge >= 0.3 is 5.97 Å². The molecular formula is C20H27NO6. The molecule has 0 aromatic heterocycles. The number of methoxy groups -OCH3 is 1. The Hall–Kier alpha value is -2.54. The van der Waals surface area contributed by atoms with E-state index >= 15 is 0 Å². The predicted molar refractivity (Wildman–Crippen MR) is 101 cm³/mol. The number of benzene rings is 1. The van der Waals surface area contributed by atoms with Crippen LogP contribution in [0.2, 0.25) is 0 Å². The monoisotopic (exact) mass is 377 g/mol. The number of hydrogen-bond donors (Lipinski definition) is 3. The maximum Gasteiger partial charge on any atom is 0.305 e. The van der Waals surface area contributed by atoms with E-state index in [1.165, 1.54) is 19.3 Å². The second kappa shape index (κ2) is 8.90. The van der Waals surface area contributed by atoms with E-state index in [1.54, 1.807) is 18.2 Å². The third-order valence-electron chi connectivity index (χ3n) is 4.66. The number of hydrogen-bond acceptors (Lipinski definition) is 5. The second-order valence-electron chi connectivity index (χ2n) is 7.34. The number of amides is 1. The Kier molecular flexibility index (Phi) is 6.85. The molecule has 148 valence electrons. The maximum absolute atomic E-state index is 12.3. The molecule has 0 saturated carbocycles. The molecule has 1 aromatic rings. The van der Waals surface area contributed by atoms with Gasteiger partial charge in [-0.15, -0.1) is 0 Å². The van der Waals surface area contributed by atoms with Crippen LogP contribution in [0.1, 0.15) is 38.7 Å². The van der Waals surface area contributed by atoms with Crippen LogP contribution in [0.15, 0.2) is 24.3 Å². The zero-order valence-electron chi connectivity index (χ0n) is 15.9. The lowest BCUT2D eigenvalue weighted by Gasteiger charge is -2.39. The van der Waals surface area contributed by atoms with E-state index in [1.807, 2.05) is 13.8 Å². The van der Waals surface area contributed by atoms with E-state index in [2.05, 4.69) is 5.32 Å². The van der Waals surface area contributed by atoms with Gasteiger partial charge in [0.05, 0.1) is 19.1 Å². The normalized spacial score (nSPS) is 20.2. The number of aliphatic carboxylic acids is 1. The summed E-state index contributed by atoms with van der Waals surface area (Å²) in [5, 5.41) is 21.6. The van der Waals surface area contributed by atoms with Crippen LogP contribution in [0.5, 0.6) is 11.5 Å². The largest absolute Gasteiger partial charge is 0.504 e. The number of carbonyl (C=O) groups excluding carboxylic acids is 1. The Labute approximate surface area is 159 Å². The molecule has 0 radical (unpaired) electrons. The number of phenols is 1. The van der Waals surface area contributed by atoms with Gasteiger partial charge in [-0.1, -0.05) is 6.07 Å². The highest BCUT2D eigenvalue weighted by Gasteiger charge is 2.34. The van der Waals surface area contributed by atoms with Crippen LogP contribution in [0, 0.1) is 5.92 Å². The van der Waals surface area contributed by atoms with Gasteiger partial charge in [-0.3, -0.25) is 9.59 Å².